The summed E-state index contributed by atoms with van der Waals surface area (Å²) in [6.45, 7) is -0.313. The lowest BCUT2D eigenvalue weighted by atomic mass is 10.2. The van der Waals surface area contributed by atoms with Crippen molar-refractivity contribution in [3.05, 3.63) is 28.4 Å². The Labute approximate surface area is 193 Å². The smallest absolute Gasteiger partial charge is 0.426 e. The maximum absolute atomic E-state index is 12.7. The Bertz CT molecular complexity index is 831. The highest BCUT2D eigenvalue weighted by Gasteiger charge is 2.45. The summed E-state index contributed by atoms with van der Waals surface area (Å²) in [5.41, 5.74) is 0.347. The highest BCUT2D eigenvalue weighted by molar-refractivity contribution is 14.1. The summed E-state index contributed by atoms with van der Waals surface area (Å²) in [5.74, 6) is -3.68. The van der Waals surface area contributed by atoms with Gasteiger partial charge in [-0.3, -0.25) is 14.1 Å². The van der Waals surface area contributed by atoms with Crippen molar-refractivity contribution in [3.63, 3.8) is 0 Å². The van der Waals surface area contributed by atoms with Gasteiger partial charge in [0.2, 0.25) is 6.10 Å². The van der Waals surface area contributed by atoms with E-state index in [1.54, 1.807) is 6.07 Å². The Kier molecular flexibility index (Phi) is 9.47. The number of hydrogen-bond donors (Lipinski definition) is 2. The summed E-state index contributed by atoms with van der Waals surface area (Å²) < 4.78 is 74.2. The molecule has 0 fully saturated rings. The van der Waals surface area contributed by atoms with Gasteiger partial charge < -0.3 is 10.1 Å². The molecule has 1 amide bonds. The van der Waals surface area contributed by atoms with Crippen molar-refractivity contribution in [3.8, 4) is 0 Å². The predicted octanol–water partition coefficient (Wildman–Crippen LogP) is 2.98. The van der Waals surface area contributed by atoms with Crippen LogP contribution in [-0.4, -0.2) is 49.4 Å². The normalized spacial score (nSPS) is 13.1. The van der Waals surface area contributed by atoms with E-state index in [0.717, 1.165) is 7.14 Å². The molecule has 1 atom stereocenters. The van der Waals surface area contributed by atoms with Gasteiger partial charge in [0.05, 0.1) is 12.0 Å². The second-order valence-electron chi connectivity index (χ2n) is 5.02. The molecule has 1 rings (SSSR count). The standard InChI is InChI=1S/C13H11F3I3NO6S/c14-13(15,16)9(5-27(23,24)25)26-10(21)1-2-20-12(22)7-3-6(17)4-8(18)11(7)19/h3-4,9H,1-2,5H2,(H,20,22)(H,23,24,25). The summed E-state index contributed by atoms with van der Waals surface area (Å²) in [6, 6.07) is 3.47. The molecule has 7 nitrogen and oxygen atoms in total. The third-order valence-electron chi connectivity index (χ3n) is 2.85. The van der Waals surface area contributed by atoms with Crippen molar-refractivity contribution in [2.24, 2.45) is 0 Å². The lowest BCUT2D eigenvalue weighted by Crippen LogP contribution is -2.40. The molecule has 0 aliphatic rings. The van der Waals surface area contributed by atoms with Crippen LogP contribution in [0.15, 0.2) is 12.1 Å². The number of amides is 1. The van der Waals surface area contributed by atoms with E-state index in [2.05, 4.69) is 10.1 Å². The maximum atomic E-state index is 12.7. The van der Waals surface area contributed by atoms with Crippen LogP contribution in [0, 0.1) is 10.7 Å². The Morgan fingerprint density at radius 2 is 1.81 bits per heavy atom. The molecule has 1 aromatic carbocycles. The van der Waals surface area contributed by atoms with E-state index < -0.39 is 46.4 Å². The number of esters is 1. The van der Waals surface area contributed by atoms with Gasteiger partial charge in [-0.05, 0) is 79.9 Å². The first-order valence-corrected chi connectivity index (χ1v) is 11.7. The van der Waals surface area contributed by atoms with Crippen LogP contribution in [0.3, 0.4) is 0 Å². The van der Waals surface area contributed by atoms with Crippen molar-refractivity contribution in [2.75, 3.05) is 12.3 Å². The minimum Gasteiger partial charge on any atom is -0.451 e. The van der Waals surface area contributed by atoms with Gasteiger partial charge in [0.15, 0.2) is 0 Å². The summed E-state index contributed by atoms with van der Waals surface area (Å²) in [5, 5.41) is 2.39. The van der Waals surface area contributed by atoms with Crippen LogP contribution in [0.5, 0.6) is 0 Å². The first-order chi connectivity index (χ1) is 12.2. The molecule has 152 valence electrons. The van der Waals surface area contributed by atoms with Crippen LogP contribution >= 0.6 is 67.8 Å². The molecule has 2 N–H and O–H groups in total. The SMILES string of the molecule is O=C(CCNC(=O)c1cc(I)cc(I)c1I)OC(CS(=O)(=O)O)C(F)(F)F. The summed E-state index contributed by atoms with van der Waals surface area (Å²) >= 11 is 6.04. The van der Waals surface area contributed by atoms with Crippen LogP contribution < -0.4 is 5.32 Å². The molecule has 0 aliphatic carbocycles. The maximum Gasteiger partial charge on any atom is 0.426 e. The van der Waals surface area contributed by atoms with Gasteiger partial charge in [-0.25, -0.2) is 0 Å². The lowest BCUT2D eigenvalue weighted by molar-refractivity contribution is -0.215. The van der Waals surface area contributed by atoms with Gasteiger partial charge in [-0.15, -0.1) is 0 Å². The van der Waals surface area contributed by atoms with Crippen molar-refractivity contribution in [1.29, 1.82) is 0 Å². The monoisotopic (exact) mass is 747 g/mol. The Morgan fingerprint density at radius 1 is 1.22 bits per heavy atom. The van der Waals surface area contributed by atoms with Crippen molar-refractivity contribution in [2.45, 2.75) is 18.7 Å². The summed E-state index contributed by atoms with van der Waals surface area (Å²) in [4.78, 5) is 23.7. The summed E-state index contributed by atoms with van der Waals surface area (Å²) in [7, 11) is -5.00. The molecule has 1 aromatic rings. The third kappa shape index (κ3) is 8.94. The van der Waals surface area contributed by atoms with Crippen molar-refractivity contribution >= 4 is 89.8 Å². The van der Waals surface area contributed by atoms with E-state index in [1.807, 2.05) is 73.8 Å². The molecule has 14 heteroatoms. The number of halogens is 6. The first kappa shape index (κ1) is 25.1. The fourth-order valence-corrected chi connectivity index (χ4v) is 4.74. The molecule has 27 heavy (non-hydrogen) atoms. The molecule has 1 unspecified atom stereocenters. The quantitative estimate of drug-likeness (QED) is 0.192. The number of benzene rings is 1. The number of alkyl halides is 3. The van der Waals surface area contributed by atoms with E-state index in [-0.39, 0.29) is 6.54 Å². The zero-order chi connectivity index (χ0) is 21.0. The Morgan fingerprint density at radius 3 is 2.33 bits per heavy atom. The van der Waals surface area contributed by atoms with Gasteiger partial charge in [-0.1, -0.05) is 0 Å². The molecule has 0 heterocycles. The van der Waals surface area contributed by atoms with Crippen molar-refractivity contribution in [1.82, 2.24) is 5.32 Å². The number of rotatable bonds is 7. The first-order valence-electron chi connectivity index (χ1n) is 6.85. The lowest BCUT2D eigenvalue weighted by Gasteiger charge is -2.19. The number of carbonyl (C=O) groups excluding carboxylic acids is 2. The average molecular weight is 747 g/mol. The highest BCUT2D eigenvalue weighted by Crippen LogP contribution is 2.25. The topological polar surface area (TPSA) is 110 Å². The molecule has 0 bridgehead atoms. The zero-order valence-electron chi connectivity index (χ0n) is 13.0. The number of carbonyl (C=O) groups is 2. The van der Waals surface area contributed by atoms with Gasteiger partial charge in [0.1, 0.15) is 5.75 Å². The van der Waals surface area contributed by atoms with Crippen LogP contribution in [0.1, 0.15) is 16.8 Å². The Hall–Kier alpha value is 0.0500. The van der Waals surface area contributed by atoms with Crippen LogP contribution in [0.2, 0.25) is 0 Å². The predicted molar refractivity (Wildman–Crippen MR) is 114 cm³/mol. The van der Waals surface area contributed by atoms with Crippen LogP contribution in [0.25, 0.3) is 0 Å². The fraction of sp³-hybridized carbons (Fsp3) is 0.385. The van der Waals surface area contributed by atoms with E-state index >= 15 is 0 Å². The van der Waals surface area contributed by atoms with Gasteiger partial charge in [0.25, 0.3) is 16.0 Å². The minimum atomic E-state index is -5.16. The van der Waals surface area contributed by atoms with Gasteiger partial charge in [0, 0.05) is 17.3 Å². The molecule has 0 saturated carbocycles. The number of nitrogens with one attached hydrogen (secondary N) is 1. The van der Waals surface area contributed by atoms with E-state index in [1.165, 1.54) is 0 Å². The molecule has 0 aliphatic heterocycles. The molecule has 0 spiro atoms. The average Bonchev–Trinajstić information content (AvgIpc) is 2.47. The molecule has 0 aromatic heterocycles. The number of hydrogen-bond acceptors (Lipinski definition) is 5. The minimum absolute atomic E-state index is 0.313. The fourth-order valence-electron chi connectivity index (χ4n) is 1.70. The highest BCUT2D eigenvalue weighted by atomic mass is 127. The van der Waals surface area contributed by atoms with E-state index in [9.17, 15) is 31.2 Å². The van der Waals surface area contributed by atoms with Crippen molar-refractivity contribution < 1.29 is 40.5 Å². The molecule has 0 saturated heterocycles. The number of ether oxygens (including phenoxy) is 1. The molecular weight excluding hydrogens is 736 g/mol. The van der Waals surface area contributed by atoms with E-state index in [4.69, 9.17) is 4.55 Å². The van der Waals surface area contributed by atoms with Crippen LogP contribution in [-0.2, 0) is 19.6 Å². The second kappa shape index (κ2) is 10.2. The van der Waals surface area contributed by atoms with Crippen LogP contribution in [0.4, 0.5) is 13.2 Å². The summed E-state index contributed by atoms with van der Waals surface area (Å²) in [6.07, 6.45) is -8.77. The van der Waals surface area contributed by atoms with Gasteiger partial charge in [-0.2, -0.15) is 21.6 Å². The molecular formula is C13H11F3I3NO6S. The van der Waals surface area contributed by atoms with Gasteiger partial charge >= 0.3 is 12.1 Å². The Balaban J connectivity index is 2.65. The largest absolute Gasteiger partial charge is 0.451 e. The zero-order valence-corrected chi connectivity index (χ0v) is 20.3. The second-order valence-corrected chi connectivity index (χ2v) is 10.0. The molecule has 0 radical (unpaired) electrons. The third-order valence-corrected chi connectivity index (χ3v) is 7.24. The van der Waals surface area contributed by atoms with E-state index in [0.29, 0.717) is 9.13 Å².